The smallest absolute Gasteiger partial charge is 0.252 e. The SMILES string of the molecule is COc1ccc(C2=CC(=O)N3C=C(N4CCCNCC4)C=C(C)C3P2)cc1OC. The van der Waals surface area contributed by atoms with Crippen molar-refractivity contribution in [3.05, 3.63) is 53.4 Å². The Kier molecular flexibility index (Phi) is 5.93. The molecule has 0 radical (unpaired) electrons. The van der Waals surface area contributed by atoms with Crippen molar-refractivity contribution in [2.75, 3.05) is 40.4 Å². The van der Waals surface area contributed by atoms with E-state index in [0.717, 1.165) is 49.2 Å². The normalized spacial score (nSPS) is 23.1. The first-order chi connectivity index (χ1) is 14.1. The molecule has 1 fully saturated rings. The van der Waals surface area contributed by atoms with Crippen molar-refractivity contribution < 1.29 is 14.3 Å². The average Bonchev–Trinajstić information content (AvgIpc) is 3.03. The molecule has 1 amide bonds. The molecule has 0 aromatic heterocycles. The number of ether oxygens (including phenoxy) is 2. The molecule has 1 aromatic rings. The minimum atomic E-state index is 0.0384. The van der Waals surface area contributed by atoms with E-state index in [1.165, 1.54) is 5.57 Å². The Morgan fingerprint density at radius 2 is 1.93 bits per heavy atom. The number of carbonyl (C=O) groups excluding carboxylic acids is 1. The standard InChI is InChI=1S/C22H28N3O3P/c1-15-11-17(24-9-4-7-23-8-10-24)14-25-21(26)13-20(29-22(15)25)16-5-6-18(27-2)19(12-16)28-3/h5-6,11-14,22-23,29H,4,7-10H2,1-3H3. The van der Waals surface area contributed by atoms with Crippen molar-refractivity contribution in [3.8, 4) is 11.5 Å². The van der Waals surface area contributed by atoms with Gasteiger partial charge in [-0.1, -0.05) is 14.6 Å². The molecule has 29 heavy (non-hydrogen) atoms. The molecular formula is C22H28N3O3P. The molecule has 0 bridgehead atoms. The van der Waals surface area contributed by atoms with Crippen LogP contribution in [0.3, 0.4) is 0 Å². The maximum atomic E-state index is 13.0. The Labute approximate surface area is 174 Å². The third-order valence-corrected chi connectivity index (χ3v) is 7.32. The van der Waals surface area contributed by atoms with E-state index in [4.69, 9.17) is 9.47 Å². The summed E-state index contributed by atoms with van der Waals surface area (Å²) in [5.41, 5.74) is 3.39. The molecule has 1 aromatic carbocycles. The summed E-state index contributed by atoms with van der Waals surface area (Å²) in [5, 5.41) is 4.49. The van der Waals surface area contributed by atoms with Gasteiger partial charge in [-0.2, -0.15) is 0 Å². The van der Waals surface area contributed by atoms with Gasteiger partial charge in [0.25, 0.3) is 5.91 Å². The third kappa shape index (κ3) is 4.05. The van der Waals surface area contributed by atoms with E-state index in [9.17, 15) is 4.79 Å². The molecule has 7 heteroatoms. The number of fused-ring (bicyclic) bond motifs is 1. The van der Waals surface area contributed by atoms with E-state index in [-0.39, 0.29) is 11.7 Å². The highest BCUT2D eigenvalue weighted by atomic mass is 31.1. The number of rotatable bonds is 4. The third-order valence-electron chi connectivity index (χ3n) is 5.57. The Balaban J connectivity index is 1.61. The van der Waals surface area contributed by atoms with Gasteiger partial charge < -0.3 is 24.6 Å². The van der Waals surface area contributed by atoms with E-state index < -0.39 is 0 Å². The van der Waals surface area contributed by atoms with Gasteiger partial charge in [-0.25, -0.2) is 0 Å². The van der Waals surface area contributed by atoms with E-state index in [0.29, 0.717) is 20.1 Å². The number of nitrogens with one attached hydrogen (secondary N) is 1. The first-order valence-electron chi connectivity index (χ1n) is 9.99. The fourth-order valence-corrected chi connectivity index (χ4v) is 5.47. The zero-order valence-electron chi connectivity index (χ0n) is 17.2. The van der Waals surface area contributed by atoms with Crippen molar-refractivity contribution >= 4 is 19.8 Å². The van der Waals surface area contributed by atoms with Crippen LogP contribution < -0.4 is 14.8 Å². The molecule has 3 aliphatic heterocycles. The first kappa shape index (κ1) is 20.0. The van der Waals surface area contributed by atoms with Crippen LogP contribution in [-0.2, 0) is 4.79 Å². The highest BCUT2D eigenvalue weighted by molar-refractivity contribution is 7.51. The number of amides is 1. The fraction of sp³-hybridized carbons (Fsp3) is 0.409. The van der Waals surface area contributed by atoms with Crippen molar-refractivity contribution in [2.45, 2.75) is 19.1 Å². The van der Waals surface area contributed by atoms with Crippen molar-refractivity contribution in [3.63, 3.8) is 0 Å². The lowest BCUT2D eigenvalue weighted by molar-refractivity contribution is -0.124. The highest BCUT2D eigenvalue weighted by Gasteiger charge is 2.32. The van der Waals surface area contributed by atoms with Gasteiger partial charge in [-0.3, -0.25) is 4.79 Å². The van der Waals surface area contributed by atoms with Gasteiger partial charge in [-0.15, -0.1) is 0 Å². The Bertz CT molecular complexity index is 885. The molecule has 2 atom stereocenters. The lowest BCUT2D eigenvalue weighted by Crippen LogP contribution is -2.40. The lowest BCUT2D eigenvalue weighted by Gasteiger charge is -2.39. The zero-order chi connectivity index (χ0) is 20.4. The van der Waals surface area contributed by atoms with Gasteiger partial charge in [0.1, 0.15) is 0 Å². The summed E-state index contributed by atoms with van der Waals surface area (Å²) in [5.74, 6) is 1.50. The van der Waals surface area contributed by atoms with Crippen LogP contribution in [0.15, 0.2) is 47.8 Å². The highest BCUT2D eigenvalue weighted by Crippen LogP contribution is 2.48. The summed E-state index contributed by atoms with van der Waals surface area (Å²) in [4.78, 5) is 17.3. The average molecular weight is 413 g/mol. The quantitative estimate of drug-likeness (QED) is 0.770. The Morgan fingerprint density at radius 3 is 2.72 bits per heavy atom. The molecule has 4 rings (SSSR count). The summed E-state index contributed by atoms with van der Waals surface area (Å²) >= 11 is 0. The molecule has 2 unspecified atom stereocenters. The van der Waals surface area contributed by atoms with E-state index in [1.54, 1.807) is 20.3 Å². The number of carbonyl (C=O) groups is 1. The van der Waals surface area contributed by atoms with Crippen LogP contribution in [0, 0.1) is 0 Å². The minimum Gasteiger partial charge on any atom is -0.493 e. The summed E-state index contributed by atoms with van der Waals surface area (Å²) in [7, 11) is 3.74. The number of benzene rings is 1. The van der Waals surface area contributed by atoms with Gasteiger partial charge in [0.15, 0.2) is 11.5 Å². The predicted octanol–water partition coefficient (Wildman–Crippen LogP) is 2.99. The number of hydrogen-bond acceptors (Lipinski definition) is 5. The summed E-state index contributed by atoms with van der Waals surface area (Å²) < 4.78 is 10.8. The van der Waals surface area contributed by atoms with Crippen molar-refractivity contribution in [2.24, 2.45) is 0 Å². The first-order valence-corrected chi connectivity index (χ1v) is 11.1. The van der Waals surface area contributed by atoms with Crippen LogP contribution in [0.1, 0.15) is 18.9 Å². The second-order valence-corrected chi connectivity index (χ2v) is 8.83. The zero-order valence-corrected chi connectivity index (χ0v) is 18.2. The predicted molar refractivity (Wildman–Crippen MR) is 117 cm³/mol. The van der Waals surface area contributed by atoms with E-state index >= 15 is 0 Å². The van der Waals surface area contributed by atoms with Crippen molar-refractivity contribution in [1.82, 2.24) is 15.1 Å². The summed E-state index contributed by atoms with van der Waals surface area (Å²) in [6.07, 6.45) is 7.18. The minimum absolute atomic E-state index is 0.0384. The summed E-state index contributed by atoms with van der Waals surface area (Å²) in [6.45, 7) is 6.16. The molecule has 0 aliphatic carbocycles. The second-order valence-electron chi connectivity index (χ2n) is 7.45. The van der Waals surface area contributed by atoms with E-state index in [2.05, 4.69) is 23.2 Å². The number of nitrogens with zero attached hydrogens (tertiary/aromatic N) is 2. The van der Waals surface area contributed by atoms with Crippen LogP contribution in [0.4, 0.5) is 0 Å². The van der Waals surface area contributed by atoms with Crippen LogP contribution in [0.5, 0.6) is 11.5 Å². The maximum absolute atomic E-state index is 13.0. The molecule has 154 valence electrons. The van der Waals surface area contributed by atoms with Crippen LogP contribution in [0.2, 0.25) is 0 Å². The maximum Gasteiger partial charge on any atom is 0.252 e. The molecular weight excluding hydrogens is 385 g/mol. The molecule has 6 nitrogen and oxygen atoms in total. The molecule has 3 aliphatic rings. The number of allylic oxidation sites excluding steroid dienone is 1. The molecule has 1 saturated heterocycles. The second kappa shape index (κ2) is 8.60. The van der Waals surface area contributed by atoms with Crippen LogP contribution >= 0.6 is 8.58 Å². The van der Waals surface area contributed by atoms with Gasteiger partial charge in [0.05, 0.1) is 25.7 Å². The van der Waals surface area contributed by atoms with Gasteiger partial charge >= 0.3 is 0 Å². The van der Waals surface area contributed by atoms with E-state index in [1.807, 2.05) is 29.3 Å². The molecule has 3 heterocycles. The Hall–Kier alpha value is -2.30. The van der Waals surface area contributed by atoms with Gasteiger partial charge in [-0.05, 0) is 54.5 Å². The monoisotopic (exact) mass is 413 g/mol. The lowest BCUT2D eigenvalue weighted by atomic mass is 10.1. The number of hydrogen-bond donors (Lipinski definition) is 1. The van der Waals surface area contributed by atoms with Crippen LogP contribution in [-0.4, -0.2) is 61.9 Å². The largest absolute Gasteiger partial charge is 0.493 e. The van der Waals surface area contributed by atoms with Crippen molar-refractivity contribution in [1.29, 1.82) is 0 Å². The van der Waals surface area contributed by atoms with Gasteiger partial charge in [0.2, 0.25) is 0 Å². The molecule has 0 saturated carbocycles. The van der Waals surface area contributed by atoms with Crippen LogP contribution in [0.25, 0.3) is 5.31 Å². The molecule has 1 N–H and O–H groups in total. The van der Waals surface area contributed by atoms with Gasteiger partial charge in [0, 0.05) is 31.9 Å². The topological polar surface area (TPSA) is 54.0 Å². The summed E-state index contributed by atoms with van der Waals surface area (Å²) in [6, 6.07) is 5.84. The molecule has 0 spiro atoms. The fourth-order valence-electron chi connectivity index (χ4n) is 3.99. The Morgan fingerprint density at radius 1 is 1.10 bits per heavy atom. The number of methoxy groups -OCH3 is 2.